The minimum atomic E-state index is -3.80. The number of rotatable bonds is 5. The summed E-state index contributed by atoms with van der Waals surface area (Å²) in [6.45, 7) is 2.56. The Labute approximate surface area is 181 Å². The minimum absolute atomic E-state index is 0.00457. The molecular formula is C19H26ClFN4O4S. The van der Waals surface area contributed by atoms with Crippen molar-refractivity contribution in [1.29, 1.82) is 0 Å². The highest BCUT2D eigenvalue weighted by molar-refractivity contribution is 7.89. The quantitative estimate of drug-likeness (QED) is 0.701. The Morgan fingerprint density at radius 3 is 2.33 bits per heavy atom. The first-order chi connectivity index (χ1) is 14.2. The number of benzene rings is 1. The molecule has 2 fully saturated rings. The van der Waals surface area contributed by atoms with Gasteiger partial charge in [-0.05, 0) is 44.1 Å². The number of likely N-dealkylation sites (tertiary alicyclic amines) is 1. The average Bonchev–Trinajstić information content (AvgIpc) is 2.75. The first-order valence-corrected chi connectivity index (χ1v) is 11.7. The number of hydrogen-bond acceptors (Lipinski definition) is 5. The van der Waals surface area contributed by atoms with Crippen LogP contribution in [0.2, 0.25) is 5.02 Å². The molecule has 0 spiro atoms. The van der Waals surface area contributed by atoms with Crippen molar-refractivity contribution < 1.29 is 22.4 Å². The zero-order valence-electron chi connectivity index (χ0n) is 16.8. The van der Waals surface area contributed by atoms with Crippen molar-refractivity contribution in [2.24, 2.45) is 5.92 Å². The van der Waals surface area contributed by atoms with Gasteiger partial charge in [-0.3, -0.25) is 14.5 Å². The Hall–Kier alpha value is -1.75. The molecule has 0 atom stereocenters. The van der Waals surface area contributed by atoms with Crippen LogP contribution in [0.3, 0.4) is 0 Å². The third kappa shape index (κ3) is 5.11. The summed E-state index contributed by atoms with van der Waals surface area (Å²) in [7, 11) is -2.17. The first kappa shape index (κ1) is 22.9. The van der Waals surface area contributed by atoms with E-state index >= 15 is 0 Å². The Balaban J connectivity index is 1.51. The number of amides is 2. The topological polar surface area (TPSA) is 90.0 Å². The Kier molecular flexibility index (Phi) is 7.33. The molecule has 1 aromatic rings. The van der Waals surface area contributed by atoms with Crippen LogP contribution in [0, 0.1) is 11.7 Å². The molecule has 1 aromatic carbocycles. The minimum Gasteiger partial charge on any atom is -0.359 e. The maximum Gasteiger partial charge on any atom is 0.243 e. The molecule has 0 saturated carbocycles. The first-order valence-electron chi connectivity index (χ1n) is 9.89. The summed E-state index contributed by atoms with van der Waals surface area (Å²) in [5.74, 6) is -0.684. The molecule has 0 unspecified atom stereocenters. The molecule has 0 bridgehead atoms. The monoisotopic (exact) mass is 460 g/mol. The van der Waals surface area contributed by atoms with E-state index in [9.17, 15) is 22.4 Å². The van der Waals surface area contributed by atoms with Crippen molar-refractivity contribution in [3.8, 4) is 0 Å². The summed E-state index contributed by atoms with van der Waals surface area (Å²) >= 11 is 5.71. The fourth-order valence-corrected chi connectivity index (χ4v) is 5.51. The van der Waals surface area contributed by atoms with Gasteiger partial charge in [-0.25, -0.2) is 12.8 Å². The van der Waals surface area contributed by atoms with Crippen molar-refractivity contribution >= 4 is 33.4 Å². The molecule has 1 N–H and O–H groups in total. The van der Waals surface area contributed by atoms with Gasteiger partial charge in [0.1, 0.15) is 5.82 Å². The van der Waals surface area contributed by atoms with Gasteiger partial charge in [-0.2, -0.15) is 4.31 Å². The summed E-state index contributed by atoms with van der Waals surface area (Å²) in [5, 5.41) is 2.42. The molecule has 2 amide bonds. The standard InChI is InChI=1S/C19H26ClFN4O4S/c1-22-19(27)14-4-6-23(7-5-14)13-18(26)24-8-10-25(11-9-24)30(28,29)15-2-3-17(21)16(20)12-15/h2-3,12,14H,4-11,13H2,1H3,(H,22,27). The molecule has 3 rings (SSSR count). The number of sulfonamides is 1. The molecule has 0 radical (unpaired) electrons. The van der Waals surface area contributed by atoms with Gasteiger partial charge in [-0.15, -0.1) is 0 Å². The van der Waals surface area contributed by atoms with Crippen LogP contribution in [0.5, 0.6) is 0 Å². The van der Waals surface area contributed by atoms with Crippen LogP contribution in [0.15, 0.2) is 23.1 Å². The lowest BCUT2D eigenvalue weighted by molar-refractivity contribution is -0.134. The summed E-state index contributed by atoms with van der Waals surface area (Å²) < 4.78 is 40.1. The normalized spacial score (nSPS) is 19.6. The van der Waals surface area contributed by atoms with Crippen LogP contribution in [-0.4, -0.2) is 87.2 Å². The van der Waals surface area contributed by atoms with Crippen LogP contribution in [0.4, 0.5) is 4.39 Å². The van der Waals surface area contributed by atoms with Gasteiger partial charge in [0.15, 0.2) is 0 Å². The summed E-state index contributed by atoms with van der Waals surface area (Å²) in [4.78, 5) is 28.0. The lowest BCUT2D eigenvalue weighted by Gasteiger charge is -2.36. The van der Waals surface area contributed by atoms with E-state index in [1.165, 1.54) is 10.4 Å². The van der Waals surface area contributed by atoms with Crippen molar-refractivity contribution in [2.75, 3.05) is 52.9 Å². The van der Waals surface area contributed by atoms with Gasteiger partial charge in [0.25, 0.3) is 0 Å². The molecule has 2 aliphatic rings. The number of nitrogens with zero attached hydrogens (tertiary/aromatic N) is 3. The number of nitrogens with one attached hydrogen (secondary N) is 1. The third-order valence-corrected chi connectivity index (χ3v) is 7.87. The van der Waals surface area contributed by atoms with Crippen LogP contribution in [0.1, 0.15) is 12.8 Å². The van der Waals surface area contributed by atoms with Crippen LogP contribution < -0.4 is 5.32 Å². The lowest BCUT2D eigenvalue weighted by Crippen LogP contribution is -2.53. The SMILES string of the molecule is CNC(=O)C1CCN(CC(=O)N2CCN(S(=O)(=O)c3ccc(F)c(Cl)c3)CC2)CC1. The fraction of sp³-hybridized carbons (Fsp3) is 0.579. The molecule has 2 aliphatic heterocycles. The number of halogens is 2. The van der Waals surface area contributed by atoms with Gasteiger partial charge in [-0.1, -0.05) is 11.6 Å². The maximum atomic E-state index is 13.3. The number of carbonyl (C=O) groups excluding carboxylic acids is 2. The summed E-state index contributed by atoms with van der Waals surface area (Å²) in [6.07, 6.45) is 1.44. The highest BCUT2D eigenvalue weighted by Crippen LogP contribution is 2.23. The predicted octanol–water partition coefficient (Wildman–Crippen LogP) is 0.770. The summed E-state index contributed by atoms with van der Waals surface area (Å²) in [5.41, 5.74) is 0. The van der Waals surface area contributed by atoms with E-state index in [0.717, 1.165) is 25.0 Å². The van der Waals surface area contributed by atoms with Crippen molar-refractivity contribution in [2.45, 2.75) is 17.7 Å². The van der Waals surface area contributed by atoms with E-state index in [1.807, 2.05) is 4.90 Å². The highest BCUT2D eigenvalue weighted by Gasteiger charge is 2.32. The predicted molar refractivity (Wildman–Crippen MR) is 110 cm³/mol. The smallest absolute Gasteiger partial charge is 0.243 e. The molecule has 2 heterocycles. The molecular weight excluding hydrogens is 435 g/mol. The van der Waals surface area contributed by atoms with E-state index in [1.54, 1.807) is 11.9 Å². The zero-order valence-corrected chi connectivity index (χ0v) is 18.4. The highest BCUT2D eigenvalue weighted by atomic mass is 35.5. The Morgan fingerprint density at radius 1 is 1.13 bits per heavy atom. The van der Waals surface area contributed by atoms with Gasteiger partial charge < -0.3 is 10.2 Å². The van der Waals surface area contributed by atoms with Gasteiger partial charge >= 0.3 is 0 Å². The van der Waals surface area contributed by atoms with Crippen molar-refractivity contribution in [3.05, 3.63) is 29.0 Å². The second-order valence-corrected chi connectivity index (χ2v) is 9.87. The Morgan fingerprint density at radius 2 is 1.77 bits per heavy atom. The van der Waals surface area contributed by atoms with Crippen LogP contribution in [-0.2, 0) is 19.6 Å². The second-order valence-electron chi connectivity index (χ2n) is 7.53. The summed E-state index contributed by atoms with van der Waals surface area (Å²) in [6, 6.07) is 3.32. The van der Waals surface area contributed by atoms with E-state index in [0.29, 0.717) is 26.2 Å². The largest absolute Gasteiger partial charge is 0.359 e. The second kappa shape index (κ2) is 9.59. The average molecular weight is 461 g/mol. The molecule has 8 nitrogen and oxygen atoms in total. The van der Waals surface area contributed by atoms with Gasteiger partial charge in [0.2, 0.25) is 21.8 Å². The number of hydrogen-bond donors (Lipinski definition) is 1. The number of piperazine rings is 1. The van der Waals surface area contributed by atoms with Gasteiger partial charge in [0.05, 0.1) is 16.5 Å². The van der Waals surface area contributed by atoms with Crippen LogP contribution in [0.25, 0.3) is 0 Å². The molecule has 2 saturated heterocycles. The number of carbonyl (C=O) groups is 2. The molecule has 0 aliphatic carbocycles. The maximum absolute atomic E-state index is 13.3. The lowest BCUT2D eigenvalue weighted by atomic mass is 9.96. The van der Waals surface area contributed by atoms with E-state index in [-0.39, 0.29) is 47.3 Å². The van der Waals surface area contributed by atoms with E-state index < -0.39 is 15.8 Å². The van der Waals surface area contributed by atoms with Crippen molar-refractivity contribution in [1.82, 2.24) is 19.4 Å². The van der Waals surface area contributed by atoms with Crippen molar-refractivity contribution in [3.63, 3.8) is 0 Å². The molecule has 166 valence electrons. The molecule has 30 heavy (non-hydrogen) atoms. The number of piperidine rings is 1. The molecule has 11 heteroatoms. The fourth-order valence-electron chi connectivity index (χ4n) is 3.81. The molecule has 0 aromatic heterocycles. The zero-order chi connectivity index (χ0) is 21.9. The van der Waals surface area contributed by atoms with Gasteiger partial charge in [0, 0.05) is 39.1 Å². The van der Waals surface area contributed by atoms with Crippen LogP contribution >= 0.6 is 11.6 Å². The Bertz CT molecular complexity index is 898. The van der Waals surface area contributed by atoms with E-state index in [4.69, 9.17) is 11.6 Å². The third-order valence-electron chi connectivity index (χ3n) is 5.68. The van der Waals surface area contributed by atoms with E-state index in [2.05, 4.69) is 5.32 Å².